The maximum absolute atomic E-state index is 10.4. The smallest absolute Gasteiger partial charge is 0.274 e. The zero-order valence-electron chi connectivity index (χ0n) is 6.14. The van der Waals surface area contributed by atoms with Gasteiger partial charge < -0.3 is 4.18 Å². The quantitative estimate of drug-likeness (QED) is 0.339. The van der Waals surface area contributed by atoms with Crippen LogP contribution in [-0.4, -0.2) is 4.92 Å². The summed E-state index contributed by atoms with van der Waals surface area (Å²) in [6, 6.07) is 6.39. The summed E-state index contributed by atoms with van der Waals surface area (Å²) in [5.41, 5.74) is 0.587. The van der Waals surface area contributed by atoms with Gasteiger partial charge in [0.1, 0.15) is 0 Å². The lowest BCUT2D eigenvalue weighted by Gasteiger charge is -1.98. The molecule has 4 nitrogen and oxygen atoms in total. The second-order valence-electron chi connectivity index (χ2n) is 2.16. The molecule has 0 aromatic heterocycles. The van der Waals surface area contributed by atoms with Crippen molar-refractivity contribution in [3.8, 4) is 0 Å². The summed E-state index contributed by atoms with van der Waals surface area (Å²) in [6.07, 6.45) is 0. The van der Waals surface area contributed by atoms with Gasteiger partial charge in [0.25, 0.3) is 5.69 Å². The molecule has 0 aliphatic heterocycles. The van der Waals surface area contributed by atoms with Crippen LogP contribution in [0.4, 0.5) is 5.69 Å². The Balaban J connectivity index is 3.00. The van der Waals surface area contributed by atoms with Crippen LogP contribution in [0.3, 0.4) is 0 Å². The van der Waals surface area contributed by atoms with Crippen molar-refractivity contribution >= 4 is 18.6 Å². The number of rotatable bonds is 3. The van der Waals surface area contributed by atoms with Crippen LogP contribution in [0.15, 0.2) is 24.3 Å². The van der Waals surface area contributed by atoms with Crippen LogP contribution in [0.2, 0.25) is 0 Å². The topological polar surface area (TPSA) is 52.4 Å². The molecule has 0 atom stereocenters. The molecule has 12 heavy (non-hydrogen) atoms. The van der Waals surface area contributed by atoms with Gasteiger partial charge in [-0.05, 0) is 19.0 Å². The van der Waals surface area contributed by atoms with Crippen LogP contribution in [0.1, 0.15) is 5.56 Å². The van der Waals surface area contributed by atoms with Crippen LogP contribution in [0.5, 0.6) is 0 Å². The van der Waals surface area contributed by atoms with Crippen molar-refractivity contribution in [1.29, 1.82) is 0 Å². The molecule has 0 heterocycles. The zero-order chi connectivity index (χ0) is 8.97. The molecule has 1 aromatic carbocycles. The van der Waals surface area contributed by atoms with E-state index in [-0.39, 0.29) is 12.3 Å². The zero-order valence-corrected chi connectivity index (χ0v) is 7.03. The van der Waals surface area contributed by atoms with E-state index in [0.717, 1.165) is 0 Å². The molecule has 0 N–H and O–H groups in total. The van der Waals surface area contributed by atoms with Gasteiger partial charge in [-0.1, -0.05) is 12.1 Å². The number of hydrogen-bond acceptors (Lipinski definition) is 4. The van der Waals surface area contributed by atoms with Crippen LogP contribution < -0.4 is 0 Å². The van der Waals surface area contributed by atoms with Gasteiger partial charge >= 0.3 is 0 Å². The monoisotopic (exact) mass is 185 g/mol. The number of nitrogens with zero attached hydrogens (tertiary/aromatic N) is 1. The van der Waals surface area contributed by atoms with E-state index < -0.39 is 4.92 Å². The van der Waals surface area contributed by atoms with Crippen molar-refractivity contribution in [3.63, 3.8) is 0 Å². The van der Waals surface area contributed by atoms with Crippen molar-refractivity contribution in [2.45, 2.75) is 6.61 Å². The number of nitro benzene ring substituents is 1. The summed E-state index contributed by atoms with van der Waals surface area (Å²) in [5.74, 6) is 0. The SMILES string of the molecule is O=[N+]([O-])c1ccccc1COS. The first-order valence-corrected chi connectivity index (χ1v) is 3.61. The highest BCUT2D eigenvalue weighted by molar-refractivity contribution is 7.75. The maximum atomic E-state index is 10.4. The Bertz CT molecular complexity index is 290. The molecule has 0 fully saturated rings. The van der Waals surface area contributed by atoms with Gasteiger partial charge in [0.15, 0.2) is 0 Å². The average Bonchev–Trinajstić information content (AvgIpc) is 2.05. The van der Waals surface area contributed by atoms with E-state index in [1.54, 1.807) is 18.2 Å². The second kappa shape index (κ2) is 4.08. The number of thiol groups is 1. The second-order valence-corrected chi connectivity index (χ2v) is 2.42. The molecule has 0 radical (unpaired) electrons. The Morgan fingerprint density at radius 3 is 2.75 bits per heavy atom. The van der Waals surface area contributed by atoms with E-state index in [9.17, 15) is 10.1 Å². The van der Waals surface area contributed by atoms with Crippen LogP contribution in [-0.2, 0) is 10.8 Å². The lowest BCUT2D eigenvalue weighted by Crippen LogP contribution is -1.94. The highest BCUT2D eigenvalue weighted by atomic mass is 32.1. The third kappa shape index (κ3) is 1.96. The summed E-state index contributed by atoms with van der Waals surface area (Å²) in [7, 11) is 0. The first kappa shape index (κ1) is 9.02. The minimum absolute atomic E-state index is 0.0616. The van der Waals surface area contributed by atoms with E-state index in [0.29, 0.717) is 5.56 Å². The molecule has 5 heteroatoms. The molecule has 0 spiro atoms. The summed E-state index contributed by atoms with van der Waals surface area (Å²) >= 11 is 3.53. The number of benzene rings is 1. The molecule has 0 unspecified atom stereocenters. The molecule has 0 aliphatic carbocycles. The Morgan fingerprint density at radius 2 is 2.17 bits per heavy atom. The van der Waals surface area contributed by atoms with E-state index in [4.69, 9.17) is 0 Å². The van der Waals surface area contributed by atoms with Crippen molar-refractivity contribution in [1.82, 2.24) is 0 Å². The van der Waals surface area contributed by atoms with Gasteiger partial charge in [0.2, 0.25) is 0 Å². The molecular weight excluding hydrogens is 178 g/mol. The van der Waals surface area contributed by atoms with Crippen LogP contribution in [0, 0.1) is 10.1 Å². The van der Waals surface area contributed by atoms with E-state index >= 15 is 0 Å². The van der Waals surface area contributed by atoms with Gasteiger partial charge in [-0.25, -0.2) is 0 Å². The van der Waals surface area contributed by atoms with E-state index in [1.165, 1.54) is 6.07 Å². The summed E-state index contributed by atoms with van der Waals surface area (Å²) in [6.45, 7) is 0.139. The number of hydrogen-bond donors (Lipinski definition) is 1. The highest BCUT2D eigenvalue weighted by Gasteiger charge is 2.10. The van der Waals surface area contributed by atoms with Gasteiger partial charge in [0.05, 0.1) is 17.1 Å². The van der Waals surface area contributed by atoms with Gasteiger partial charge in [0, 0.05) is 6.07 Å². The third-order valence-electron chi connectivity index (χ3n) is 1.41. The minimum atomic E-state index is -0.442. The molecule has 0 amide bonds. The van der Waals surface area contributed by atoms with Gasteiger partial charge in [-0.15, -0.1) is 0 Å². The third-order valence-corrected chi connectivity index (χ3v) is 1.54. The summed E-state index contributed by atoms with van der Waals surface area (Å²) in [5, 5.41) is 10.4. The Morgan fingerprint density at radius 1 is 1.50 bits per heavy atom. The highest BCUT2D eigenvalue weighted by Crippen LogP contribution is 2.18. The number of para-hydroxylation sites is 1. The van der Waals surface area contributed by atoms with Crippen molar-refractivity contribution in [2.24, 2.45) is 0 Å². The molecular formula is C7H7NO3S. The minimum Gasteiger partial charge on any atom is -0.314 e. The molecule has 64 valence electrons. The van der Waals surface area contributed by atoms with Crippen molar-refractivity contribution in [2.75, 3.05) is 0 Å². The molecule has 0 saturated carbocycles. The average molecular weight is 185 g/mol. The molecule has 1 rings (SSSR count). The maximum Gasteiger partial charge on any atom is 0.274 e. The van der Waals surface area contributed by atoms with Gasteiger partial charge in [-0.3, -0.25) is 10.1 Å². The Kier molecular flexibility index (Phi) is 3.07. The summed E-state index contributed by atoms with van der Waals surface area (Å²) < 4.78 is 4.51. The fourth-order valence-corrected chi connectivity index (χ4v) is 1.02. The first-order valence-electron chi connectivity index (χ1n) is 3.24. The molecule has 0 aliphatic rings. The Hall–Kier alpha value is -1.07. The van der Waals surface area contributed by atoms with E-state index in [2.05, 4.69) is 17.1 Å². The van der Waals surface area contributed by atoms with E-state index in [1.807, 2.05) is 0 Å². The molecule has 0 bridgehead atoms. The number of nitro groups is 1. The fraction of sp³-hybridized carbons (Fsp3) is 0.143. The van der Waals surface area contributed by atoms with Crippen LogP contribution in [0.25, 0.3) is 0 Å². The van der Waals surface area contributed by atoms with Crippen molar-refractivity contribution in [3.05, 3.63) is 39.9 Å². The van der Waals surface area contributed by atoms with Gasteiger partial charge in [-0.2, -0.15) is 0 Å². The normalized spacial score (nSPS) is 9.75. The Labute approximate surface area is 74.9 Å². The first-order chi connectivity index (χ1) is 5.75. The lowest BCUT2D eigenvalue weighted by atomic mass is 10.2. The lowest BCUT2D eigenvalue weighted by molar-refractivity contribution is -0.385. The molecule has 0 saturated heterocycles. The molecule has 1 aromatic rings. The predicted octanol–water partition coefficient (Wildman–Crippen LogP) is 1.96. The largest absolute Gasteiger partial charge is 0.314 e. The predicted molar refractivity (Wildman–Crippen MR) is 46.9 cm³/mol. The summed E-state index contributed by atoms with van der Waals surface area (Å²) in [4.78, 5) is 9.98. The fourth-order valence-electron chi connectivity index (χ4n) is 0.881. The standard InChI is InChI=1S/C7H7NO3S/c9-8(10)7-4-2-1-3-6(7)5-11-12/h1-4,12H,5H2. The van der Waals surface area contributed by atoms with Crippen LogP contribution >= 0.6 is 12.9 Å². The van der Waals surface area contributed by atoms with Crippen molar-refractivity contribution < 1.29 is 9.11 Å².